The number of aromatic nitrogens is 1. The van der Waals surface area contributed by atoms with Crippen molar-refractivity contribution in [3.8, 4) is 11.5 Å². The van der Waals surface area contributed by atoms with Crippen molar-refractivity contribution in [2.45, 2.75) is 0 Å². The summed E-state index contributed by atoms with van der Waals surface area (Å²) in [6, 6.07) is 13.5. The Bertz CT molecular complexity index is 1020. The summed E-state index contributed by atoms with van der Waals surface area (Å²) in [6.45, 7) is 0.0642. The van der Waals surface area contributed by atoms with E-state index in [2.05, 4.69) is 15.6 Å². The first kappa shape index (κ1) is 21.1. The molecule has 5 N–H and O–H groups in total. The average Bonchev–Trinajstić information content (AvgIpc) is 3.15. The van der Waals surface area contributed by atoms with Crippen LogP contribution in [0.15, 0.2) is 48.5 Å². The molecule has 0 aliphatic heterocycles. The fourth-order valence-corrected chi connectivity index (χ4v) is 3.35. The largest absolute Gasteiger partial charge is 0.497 e. The maximum absolute atomic E-state index is 12.6. The zero-order valence-electron chi connectivity index (χ0n) is 16.0. The van der Waals surface area contributed by atoms with Crippen molar-refractivity contribution >= 4 is 39.0 Å². The Morgan fingerprint density at radius 1 is 1.10 bits per heavy atom. The molecule has 3 rings (SSSR count). The SMILES string of the molecule is COc1ccc(Nc2nc(C(N)=O)c(NC(=O)c3ccc(OCCO)cc3)s2)cc1. The van der Waals surface area contributed by atoms with E-state index < -0.39 is 11.8 Å². The van der Waals surface area contributed by atoms with E-state index in [4.69, 9.17) is 20.3 Å². The molecule has 156 valence electrons. The van der Waals surface area contributed by atoms with E-state index in [1.54, 1.807) is 55.6 Å². The average molecular weight is 428 g/mol. The summed E-state index contributed by atoms with van der Waals surface area (Å²) in [6.07, 6.45) is 0. The Kier molecular flexibility index (Phi) is 6.83. The van der Waals surface area contributed by atoms with Crippen molar-refractivity contribution in [1.82, 2.24) is 4.98 Å². The van der Waals surface area contributed by atoms with Gasteiger partial charge in [0.05, 0.1) is 13.7 Å². The number of ether oxygens (including phenoxy) is 2. The number of methoxy groups -OCH3 is 1. The lowest BCUT2D eigenvalue weighted by molar-refractivity contribution is 0.0997. The number of aliphatic hydroxyl groups excluding tert-OH is 1. The van der Waals surface area contributed by atoms with Crippen molar-refractivity contribution in [3.05, 3.63) is 59.8 Å². The summed E-state index contributed by atoms with van der Waals surface area (Å²) < 4.78 is 10.4. The van der Waals surface area contributed by atoms with Gasteiger partial charge in [-0.25, -0.2) is 4.98 Å². The lowest BCUT2D eigenvalue weighted by Crippen LogP contribution is -2.17. The van der Waals surface area contributed by atoms with Crippen molar-refractivity contribution in [3.63, 3.8) is 0 Å². The van der Waals surface area contributed by atoms with E-state index in [0.29, 0.717) is 22.2 Å². The molecule has 0 aliphatic rings. The first-order valence-corrected chi connectivity index (χ1v) is 9.68. The molecule has 2 amide bonds. The molecule has 1 heterocycles. The second kappa shape index (κ2) is 9.72. The molecule has 0 radical (unpaired) electrons. The summed E-state index contributed by atoms with van der Waals surface area (Å²) in [7, 11) is 1.58. The van der Waals surface area contributed by atoms with Gasteiger partial charge in [0.25, 0.3) is 11.8 Å². The monoisotopic (exact) mass is 428 g/mol. The zero-order chi connectivity index (χ0) is 21.5. The third-order valence-corrected chi connectivity index (χ3v) is 4.79. The number of rotatable bonds is 9. The Labute approximate surface area is 176 Å². The van der Waals surface area contributed by atoms with E-state index in [1.165, 1.54) is 0 Å². The number of carbonyl (C=O) groups excluding carboxylic acids is 2. The van der Waals surface area contributed by atoms with Crippen LogP contribution in [-0.4, -0.2) is 42.2 Å². The maximum atomic E-state index is 12.6. The molecule has 2 aromatic carbocycles. The van der Waals surface area contributed by atoms with Crippen LogP contribution in [0.25, 0.3) is 0 Å². The fourth-order valence-electron chi connectivity index (χ4n) is 2.46. The van der Waals surface area contributed by atoms with Crippen LogP contribution < -0.4 is 25.8 Å². The van der Waals surface area contributed by atoms with Crippen molar-refractivity contribution in [1.29, 1.82) is 0 Å². The Morgan fingerprint density at radius 3 is 2.37 bits per heavy atom. The second-order valence-corrected chi connectivity index (χ2v) is 6.96. The van der Waals surface area contributed by atoms with Gasteiger partial charge in [0.1, 0.15) is 23.1 Å². The summed E-state index contributed by atoms with van der Waals surface area (Å²) in [5, 5.41) is 15.2. The van der Waals surface area contributed by atoms with Gasteiger partial charge in [-0.3, -0.25) is 9.59 Å². The number of carbonyl (C=O) groups is 2. The highest BCUT2D eigenvalue weighted by Crippen LogP contribution is 2.31. The standard InChI is InChI=1S/C20H20N4O5S/c1-28-14-8-4-13(5-9-14)22-20-23-16(17(21)26)19(30-20)24-18(27)12-2-6-15(7-3-12)29-11-10-25/h2-9,25H,10-11H2,1H3,(H2,21,26)(H,22,23)(H,24,27). The number of nitrogens with two attached hydrogens (primary N) is 1. The number of aliphatic hydroxyl groups is 1. The van der Waals surface area contributed by atoms with Gasteiger partial charge in [0.15, 0.2) is 10.8 Å². The van der Waals surface area contributed by atoms with Crippen LogP contribution in [0.3, 0.4) is 0 Å². The predicted molar refractivity (Wildman–Crippen MR) is 114 cm³/mol. The molecule has 1 aromatic heterocycles. The van der Waals surface area contributed by atoms with Gasteiger partial charge >= 0.3 is 0 Å². The summed E-state index contributed by atoms with van der Waals surface area (Å²) in [5.74, 6) is 0.0587. The molecule has 10 heteroatoms. The van der Waals surface area contributed by atoms with Gasteiger partial charge in [-0.1, -0.05) is 11.3 Å². The topological polar surface area (TPSA) is 136 Å². The number of nitrogens with zero attached hydrogens (tertiary/aromatic N) is 1. The summed E-state index contributed by atoms with van der Waals surface area (Å²) in [5.41, 5.74) is 6.47. The van der Waals surface area contributed by atoms with E-state index in [0.717, 1.165) is 17.0 Å². The maximum Gasteiger partial charge on any atom is 0.270 e. The lowest BCUT2D eigenvalue weighted by Gasteiger charge is -2.06. The number of benzene rings is 2. The Hall–Kier alpha value is -3.63. The van der Waals surface area contributed by atoms with Gasteiger partial charge in [-0.2, -0.15) is 0 Å². The third kappa shape index (κ3) is 5.25. The molecule has 0 aliphatic carbocycles. The van der Waals surface area contributed by atoms with Gasteiger partial charge in [-0.05, 0) is 48.5 Å². The molecule has 0 saturated heterocycles. The van der Waals surface area contributed by atoms with E-state index in [-0.39, 0.29) is 23.9 Å². The molecule has 0 saturated carbocycles. The summed E-state index contributed by atoms with van der Waals surface area (Å²) in [4.78, 5) is 28.5. The van der Waals surface area contributed by atoms with E-state index in [1.807, 2.05) is 0 Å². The highest BCUT2D eigenvalue weighted by molar-refractivity contribution is 7.20. The number of primary amides is 1. The minimum absolute atomic E-state index is 0.0349. The summed E-state index contributed by atoms with van der Waals surface area (Å²) >= 11 is 1.09. The molecule has 0 unspecified atom stereocenters. The minimum Gasteiger partial charge on any atom is -0.497 e. The molecule has 0 spiro atoms. The highest BCUT2D eigenvalue weighted by Gasteiger charge is 2.19. The van der Waals surface area contributed by atoms with Crippen LogP contribution in [0, 0.1) is 0 Å². The zero-order valence-corrected chi connectivity index (χ0v) is 16.9. The van der Waals surface area contributed by atoms with E-state index in [9.17, 15) is 9.59 Å². The normalized spacial score (nSPS) is 10.3. The quantitative estimate of drug-likeness (QED) is 0.411. The molecule has 0 bridgehead atoms. The van der Waals surface area contributed by atoms with Gasteiger partial charge in [0, 0.05) is 11.3 Å². The number of amides is 2. The molecular formula is C20H20N4O5S. The third-order valence-electron chi connectivity index (χ3n) is 3.91. The second-order valence-electron chi connectivity index (χ2n) is 5.97. The lowest BCUT2D eigenvalue weighted by atomic mass is 10.2. The molecule has 30 heavy (non-hydrogen) atoms. The van der Waals surface area contributed by atoms with Crippen molar-refractivity contribution in [2.75, 3.05) is 31.0 Å². The van der Waals surface area contributed by atoms with Crippen LogP contribution in [-0.2, 0) is 0 Å². The number of thiazole rings is 1. The Morgan fingerprint density at radius 2 is 1.77 bits per heavy atom. The smallest absolute Gasteiger partial charge is 0.270 e. The van der Waals surface area contributed by atoms with Gasteiger partial charge in [0.2, 0.25) is 0 Å². The van der Waals surface area contributed by atoms with E-state index >= 15 is 0 Å². The molecular weight excluding hydrogens is 408 g/mol. The highest BCUT2D eigenvalue weighted by atomic mass is 32.1. The first-order valence-electron chi connectivity index (χ1n) is 8.87. The molecule has 9 nitrogen and oxygen atoms in total. The van der Waals surface area contributed by atoms with Crippen LogP contribution >= 0.6 is 11.3 Å². The number of hydrogen-bond acceptors (Lipinski definition) is 8. The van der Waals surface area contributed by atoms with Gasteiger partial charge < -0.3 is 30.9 Å². The Balaban J connectivity index is 1.74. The van der Waals surface area contributed by atoms with Gasteiger partial charge in [-0.15, -0.1) is 0 Å². The van der Waals surface area contributed by atoms with Crippen LogP contribution in [0.4, 0.5) is 15.8 Å². The molecule has 3 aromatic rings. The van der Waals surface area contributed by atoms with Crippen LogP contribution in [0.5, 0.6) is 11.5 Å². The number of hydrogen-bond donors (Lipinski definition) is 4. The predicted octanol–water partition coefficient (Wildman–Crippen LogP) is 2.62. The molecule has 0 atom stereocenters. The minimum atomic E-state index is -0.753. The first-order chi connectivity index (χ1) is 14.5. The van der Waals surface area contributed by atoms with Crippen LogP contribution in [0.1, 0.15) is 20.8 Å². The van der Waals surface area contributed by atoms with Crippen molar-refractivity contribution in [2.24, 2.45) is 5.73 Å². The number of nitrogens with one attached hydrogen (secondary N) is 2. The van der Waals surface area contributed by atoms with Crippen molar-refractivity contribution < 1.29 is 24.2 Å². The number of anilines is 3. The fraction of sp³-hybridized carbons (Fsp3) is 0.150. The molecule has 0 fully saturated rings. The van der Waals surface area contributed by atoms with Crippen LogP contribution in [0.2, 0.25) is 0 Å².